The number of rotatable bonds is 11. The SMILES string of the molecule is CCCCCCCCCOC(=O)C(C)NC(=O)c1c(F)cccc1C(F)(F)F. The van der Waals surface area contributed by atoms with Crippen molar-refractivity contribution in [3.05, 3.63) is 35.1 Å². The van der Waals surface area contributed by atoms with E-state index in [-0.39, 0.29) is 6.61 Å². The Kier molecular flexibility index (Phi) is 9.96. The van der Waals surface area contributed by atoms with Gasteiger partial charge in [-0.2, -0.15) is 13.2 Å². The highest BCUT2D eigenvalue weighted by atomic mass is 19.4. The first-order valence-corrected chi connectivity index (χ1v) is 9.51. The van der Waals surface area contributed by atoms with Gasteiger partial charge in [-0.15, -0.1) is 0 Å². The summed E-state index contributed by atoms with van der Waals surface area (Å²) in [6, 6.07) is 1.04. The Morgan fingerprint density at radius 3 is 2.29 bits per heavy atom. The summed E-state index contributed by atoms with van der Waals surface area (Å²) in [4.78, 5) is 24.0. The third-order valence-corrected chi connectivity index (χ3v) is 4.24. The van der Waals surface area contributed by atoms with Crippen molar-refractivity contribution in [3.8, 4) is 0 Å². The lowest BCUT2D eigenvalue weighted by Gasteiger charge is -2.16. The molecule has 0 saturated heterocycles. The number of amides is 1. The number of hydrogen-bond acceptors (Lipinski definition) is 3. The van der Waals surface area contributed by atoms with E-state index in [1.54, 1.807) is 0 Å². The normalized spacial score (nSPS) is 12.5. The summed E-state index contributed by atoms with van der Waals surface area (Å²) < 4.78 is 57.8. The molecule has 1 aromatic carbocycles. The van der Waals surface area contributed by atoms with Gasteiger partial charge in [0.1, 0.15) is 11.9 Å². The smallest absolute Gasteiger partial charge is 0.417 e. The lowest BCUT2D eigenvalue weighted by atomic mass is 10.1. The van der Waals surface area contributed by atoms with Crippen LogP contribution in [0, 0.1) is 5.82 Å². The number of carbonyl (C=O) groups is 2. The quantitative estimate of drug-likeness (QED) is 0.311. The molecule has 1 aromatic rings. The molecule has 0 aromatic heterocycles. The van der Waals surface area contributed by atoms with Crippen LogP contribution in [-0.4, -0.2) is 24.5 Å². The van der Waals surface area contributed by atoms with Crippen molar-refractivity contribution >= 4 is 11.9 Å². The molecule has 0 aliphatic carbocycles. The molecule has 0 spiro atoms. The number of unbranched alkanes of at least 4 members (excludes halogenated alkanes) is 6. The van der Waals surface area contributed by atoms with Gasteiger partial charge >= 0.3 is 12.1 Å². The highest BCUT2D eigenvalue weighted by molar-refractivity contribution is 5.98. The molecular formula is C20H27F4NO3. The van der Waals surface area contributed by atoms with E-state index in [9.17, 15) is 27.2 Å². The Morgan fingerprint density at radius 2 is 1.68 bits per heavy atom. The van der Waals surface area contributed by atoms with Gasteiger partial charge in [-0.25, -0.2) is 9.18 Å². The fraction of sp³-hybridized carbons (Fsp3) is 0.600. The monoisotopic (exact) mass is 405 g/mol. The van der Waals surface area contributed by atoms with Crippen LogP contribution in [0.5, 0.6) is 0 Å². The van der Waals surface area contributed by atoms with Gasteiger partial charge in [-0.1, -0.05) is 51.5 Å². The van der Waals surface area contributed by atoms with Crippen molar-refractivity contribution in [2.45, 2.75) is 71.0 Å². The second-order valence-electron chi connectivity index (χ2n) is 6.64. The summed E-state index contributed by atoms with van der Waals surface area (Å²) in [6.45, 7) is 3.58. The average Bonchev–Trinajstić information content (AvgIpc) is 2.62. The maximum atomic E-state index is 13.8. The van der Waals surface area contributed by atoms with Crippen LogP contribution in [0.1, 0.15) is 74.7 Å². The van der Waals surface area contributed by atoms with Crippen LogP contribution in [0.25, 0.3) is 0 Å². The lowest BCUT2D eigenvalue weighted by Crippen LogP contribution is -2.40. The van der Waals surface area contributed by atoms with Crippen LogP contribution in [0.3, 0.4) is 0 Å². The maximum Gasteiger partial charge on any atom is 0.417 e. The van der Waals surface area contributed by atoms with Crippen LogP contribution in [-0.2, 0) is 15.7 Å². The number of nitrogens with one attached hydrogen (secondary N) is 1. The molecule has 1 unspecified atom stereocenters. The number of halogens is 4. The molecule has 4 nitrogen and oxygen atoms in total. The summed E-state index contributed by atoms with van der Waals surface area (Å²) in [5.74, 6) is -3.40. The van der Waals surface area contributed by atoms with Crippen molar-refractivity contribution in [1.82, 2.24) is 5.32 Å². The topological polar surface area (TPSA) is 55.4 Å². The fourth-order valence-electron chi connectivity index (χ4n) is 2.68. The Labute approximate surface area is 162 Å². The van der Waals surface area contributed by atoms with Crippen LogP contribution >= 0.6 is 0 Å². The van der Waals surface area contributed by atoms with Gasteiger partial charge in [0.25, 0.3) is 5.91 Å². The molecule has 1 N–H and O–H groups in total. The molecule has 1 amide bonds. The summed E-state index contributed by atoms with van der Waals surface area (Å²) in [5.41, 5.74) is -2.53. The average molecular weight is 405 g/mol. The predicted octanol–water partition coefficient (Wildman–Crippen LogP) is 5.26. The summed E-state index contributed by atoms with van der Waals surface area (Å²) in [7, 11) is 0. The number of ether oxygens (including phenoxy) is 1. The summed E-state index contributed by atoms with van der Waals surface area (Å²) >= 11 is 0. The molecule has 0 aliphatic heterocycles. The molecule has 0 heterocycles. The first kappa shape index (κ1) is 23.9. The molecule has 158 valence electrons. The first-order valence-electron chi connectivity index (χ1n) is 9.51. The standard InChI is InChI=1S/C20H27F4NO3/c1-3-4-5-6-7-8-9-13-28-19(27)14(2)25-18(26)17-15(20(22,23)24)11-10-12-16(17)21/h10-12,14H,3-9,13H2,1-2H3,(H,25,26). The van der Waals surface area contributed by atoms with Crippen LogP contribution in [0.15, 0.2) is 18.2 Å². The highest BCUT2D eigenvalue weighted by Crippen LogP contribution is 2.33. The van der Waals surface area contributed by atoms with Gasteiger partial charge in [-0.3, -0.25) is 4.79 Å². The van der Waals surface area contributed by atoms with Gasteiger partial charge in [0, 0.05) is 0 Å². The lowest BCUT2D eigenvalue weighted by molar-refractivity contribution is -0.145. The summed E-state index contributed by atoms with van der Waals surface area (Å²) in [6.07, 6.45) is 2.38. The van der Waals surface area contributed by atoms with Gasteiger partial charge < -0.3 is 10.1 Å². The molecular weight excluding hydrogens is 378 g/mol. The second-order valence-corrected chi connectivity index (χ2v) is 6.64. The molecule has 8 heteroatoms. The summed E-state index contributed by atoms with van der Waals surface area (Å²) in [5, 5.41) is 2.07. The molecule has 0 bridgehead atoms. The molecule has 1 rings (SSSR count). The van der Waals surface area contributed by atoms with E-state index in [0.717, 1.165) is 31.4 Å². The predicted molar refractivity (Wildman–Crippen MR) is 97.3 cm³/mol. The Bertz CT molecular complexity index is 647. The van der Waals surface area contributed by atoms with Crippen molar-refractivity contribution in [3.63, 3.8) is 0 Å². The van der Waals surface area contributed by atoms with Gasteiger partial charge in [0.15, 0.2) is 0 Å². The minimum atomic E-state index is -4.89. The zero-order chi connectivity index (χ0) is 21.2. The zero-order valence-electron chi connectivity index (χ0n) is 16.2. The largest absolute Gasteiger partial charge is 0.464 e. The molecule has 1 atom stereocenters. The van der Waals surface area contributed by atoms with Crippen molar-refractivity contribution in [2.24, 2.45) is 0 Å². The Balaban J connectivity index is 2.49. The fourth-order valence-corrected chi connectivity index (χ4v) is 2.68. The molecule has 0 radical (unpaired) electrons. The minimum absolute atomic E-state index is 0.167. The minimum Gasteiger partial charge on any atom is -0.464 e. The van der Waals surface area contributed by atoms with Gasteiger partial charge in [-0.05, 0) is 25.5 Å². The maximum absolute atomic E-state index is 13.8. The third kappa shape index (κ3) is 7.86. The Morgan fingerprint density at radius 1 is 1.07 bits per heavy atom. The third-order valence-electron chi connectivity index (χ3n) is 4.24. The zero-order valence-corrected chi connectivity index (χ0v) is 16.2. The first-order chi connectivity index (χ1) is 13.2. The molecule has 0 fully saturated rings. The van der Waals surface area contributed by atoms with E-state index in [0.29, 0.717) is 12.5 Å². The van der Waals surface area contributed by atoms with Crippen LogP contribution < -0.4 is 5.32 Å². The number of hydrogen-bond donors (Lipinski definition) is 1. The van der Waals surface area contributed by atoms with E-state index in [1.165, 1.54) is 26.2 Å². The number of carbonyl (C=O) groups excluding carboxylic acids is 2. The van der Waals surface area contributed by atoms with Crippen molar-refractivity contribution in [1.29, 1.82) is 0 Å². The number of esters is 1. The van der Waals surface area contributed by atoms with Gasteiger partial charge in [0.2, 0.25) is 0 Å². The van der Waals surface area contributed by atoms with E-state index in [1.807, 2.05) is 0 Å². The van der Waals surface area contributed by atoms with E-state index >= 15 is 0 Å². The van der Waals surface area contributed by atoms with E-state index in [2.05, 4.69) is 12.2 Å². The van der Waals surface area contributed by atoms with Gasteiger partial charge in [0.05, 0.1) is 17.7 Å². The van der Waals surface area contributed by atoms with E-state index < -0.39 is 41.0 Å². The molecule has 0 saturated carbocycles. The second kappa shape index (κ2) is 11.7. The van der Waals surface area contributed by atoms with Crippen molar-refractivity contribution in [2.75, 3.05) is 6.61 Å². The van der Waals surface area contributed by atoms with Crippen molar-refractivity contribution < 1.29 is 31.9 Å². The van der Waals surface area contributed by atoms with Crippen LogP contribution in [0.2, 0.25) is 0 Å². The molecule has 28 heavy (non-hydrogen) atoms. The van der Waals surface area contributed by atoms with Crippen LogP contribution in [0.4, 0.5) is 17.6 Å². The Hall–Kier alpha value is -2.12. The number of alkyl halides is 3. The van der Waals surface area contributed by atoms with E-state index in [4.69, 9.17) is 4.74 Å². The molecule has 0 aliphatic rings. The number of benzene rings is 1. The highest BCUT2D eigenvalue weighted by Gasteiger charge is 2.37.